The van der Waals surface area contributed by atoms with Crippen molar-refractivity contribution in [2.24, 2.45) is 0 Å². The van der Waals surface area contributed by atoms with Gasteiger partial charge in [-0.1, -0.05) is 73.8 Å². The van der Waals surface area contributed by atoms with Gasteiger partial charge >= 0.3 is 0 Å². The molecule has 9 rings (SSSR count). The number of carbonyl (C=O) groups is 2. The van der Waals surface area contributed by atoms with Gasteiger partial charge < -0.3 is 48.0 Å². The van der Waals surface area contributed by atoms with Gasteiger partial charge in [-0.15, -0.1) is 0 Å². The number of rotatable bonds is 12. The van der Waals surface area contributed by atoms with E-state index < -0.39 is 0 Å². The zero-order chi connectivity index (χ0) is 54.0. The van der Waals surface area contributed by atoms with Gasteiger partial charge in [0.25, 0.3) is 0 Å². The third-order valence-corrected chi connectivity index (χ3v) is 14.2. The van der Waals surface area contributed by atoms with E-state index in [1.54, 1.807) is 24.3 Å². The highest BCUT2D eigenvalue weighted by molar-refractivity contribution is 6.06. The van der Waals surface area contributed by atoms with Crippen molar-refractivity contribution in [1.82, 2.24) is 0 Å². The first-order valence-corrected chi connectivity index (χ1v) is 24.4. The number of aromatic hydroxyl groups is 1. The summed E-state index contributed by atoms with van der Waals surface area (Å²) >= 11 is 0. The summed E-state index contributed by atoms with van der Waals surface area (Å²) in [6.07, 6.45) is 12.9. The van der Waals surface area contributed by atoms with E-state index in [-0.39, 0.29) is 51.5 Å². The predicted octanol–water partition coefficient (Wildman–Crippen LogP) is 10.6. The van der Waals surface area contributed by atoms with Gasteiger partial charge in [0.15, 0.2) is 29.7 Å². The average molecular weight is 1120 g/mol. The molecule has 0 aliphatic carbocycles. The van der Waals surface area contributed by atoms with Crippen molar-refractivity contribution < 1.29 is 71.3 Å². The second kappa shape index (κ2) is 25.1. The van der Waals surface area contributed by atoms with Crippen molar-refractivity contribution in [1.29, 1.82) is 0 Å². The number of carbonyl (C=O) groups excluding carboxylic acids is 2. The molecule has 75 heavy (non-hydrogen) atoms. The number of aldehydes is 2. The summed E-state index contributed by atoms with van der Waals surface area (Å²) in [5, 5.41) is 9.04. The molecule has 6 aromatic carbocycles. The third-order valence-electron chi connectivity index (χ3n) is 14.2. The second-order valence-corrected chi connectivity index (χ2v) is 19.6. The number of phenolic OH excluding ortho intramolecular Hbond substituents is 1. The zero-order valence-corrected chi connectivity index (χ0v) is 47.4. The van der Waals surface area contributed by atoms with Crippen LogP contribution in [-0.4, -0.2) is 83.9 Å². The fourth-order valence-corrected chi connectivity index (χ4v) is 9.73. The highest BCUT2D eigenvalue weighted by Crippen LogP contribution is 2.41. The van der Waals surface area contributed by atoms with Crippen molar-refractivity contribution in [3.05, 3.63) is 204 Å². The van der Waals surface area contributed by atoms with Gasteiger partial charge in [-0.2, -0.15) is 9.15 Å². The Morgan fingerprint density at radius 2 is 0.907 bits per heavy atom. The lowest BCUT2D eigenvalue weighted by atomic mass is 9.81. The van der Waals surface area contributed by atoms with E-state index >= 15 is 0 Å². The van der Waals surface area contributed by atoms with E-state index in [1.807, 2.05) is 6.07 Å². The topological polar surface area (TPSA) is 100 Å². The molecule has 0 atom stereocenters. The highest BCUT2D eigenvalue weighted by atomic mass is 127. The Bertz CT molecular complexity index is 3260. The van der Waals surface area contributed by atoms with E-state index in [2.05, 4.69) is 206 Å². The van der Waals surface area contributed by atoms with Gasteiger partial charge in [-0.05, 0) is 108 Å². The molecule has 0 saturated heterocycles. The monoisotopic (exact) mass is 1120 g/mol. The molecule has 0 bridgehead atoms. The van der Waals surface area contributed by atoms with Crippen molar-refractivity contribution in [2.45, 2.75) is 64.7 Å². The molecule has 0 amide bonds. The molecule has 1 N–H and O–H groups in total. The fourth-order valence-electron chi connectivity index (χ4n) is 9.73. The Kier molecular flexibility index (Phi) is 19.5. The quantitative estimate of drug-likeness (QED) is 0.0564. The highest BCUT2D eigenvalue weighted by Gasteiger charge is 2.44. The van der Waals surface area contributed by atoms with Crippen LogP contribution in [0.15, 0.2) is 165 Å². The van der Waals surface area contributed by atoms with Crippen molar-refractivity contribution >= 4 is 58.9 Å². The maximum atomic E-state index is 10.6. The molecule has 0 spiro atoms. The first-order chi connectivity index (χ1) is 35.3. The van der Waals surface area contributed by atoms with Crippen LogP contribution in [0.4, 0.5) is 17.1 Å². The smallest absolute Gasteiger partial charge is 0.209 e. The molecule has 3 aliphatic heterocycles. The molecule has 3 aliphatic rings. The van der Waals surface area contributed by atoms with E-state index in [0.29, 0.717) is 35.4 Å². The van der Waals surface area contributed by atoms with E-state index in [9.17, 15) is 9.59 Å². The molecule has 10 nitrogen and oxygen atoms in total. The first-order valence-electron chi connectivity index (χ1n) is 24.4. The molecule has 11 heteroatoms. The number of methoxy groups -OCH3 is 2. The molecule has 0 saturated carbocycles. The largest absolute Gasteiger partial charge is 1.00 e. The number of ether oxygens (including phenoxy) is 4. The summed E-state index contributed by atoms with van der Waals surface area (Å²) in [6, 6.07) is 41.7. The zero-order valence-electron chi connectivity index (χ0n) is 45.3. The maximum absolute atomic E-state index is 10.6. The Hall–Kier alpha value is -7.64. The molecule has 0 fully saturated rings. The average Bonchev–Trinajstić information content (AvgIpc) is 3.81. The van der Waals surface area contributed by atoms with Crippen LogP contribution in [0.25, 0.3) is 12.2 Å². The minimum atomic E-state index is -0.0803. The number of para-hydroxylation sites is 3. The van der Waals surface area contributed by atoms with Crippen molar-refractivity contribution in [2.75, 3.05) is 35.4 Å². The molecule has 0 radical (unpaired) electrons. The molecule has 0 unspecified atom stereocenters. The Morgan fingerprint density at radius 1 is 0.493 bits per heavy atom. The van der Waals surface area contributed by atoms with Crippen LogP contribution in [0, 0.1) is 0 Å². The number of fused-ring (bicyclic) bond motifs is 3. The van der Waals surface area contributed by atoms with Gasteiger partial charge in [-0.25, -0.2) is 4.58 Å². The molecular weight excluding hydrogens is 1050 g/mol. The number of halogens is 1. The summed E-state index contributed by atoms with van der Waals surface area (Å²) in [4.78, 5) is 20.9. The molecule has 3 heterocycles. The van der Waals surface area contributed by atoms with E-state index in [0.717, 1.165) is 16.9 Å². The van der Waals surface area contributed by atoms with Crippen LogP contribution in [0.5, 0.6) is 28.7 Å². The van der Waals surface area contributed by atoms with Gasteiger partial charge in [-0.3, -0.25) is 9.59 Å². The van der Waals surface area contributed by atoms with Crippen LogP contribution < -0.4 is 42.9 Å². The maximum Gasteiger partial charge on any atom is 0.209 e. The van der Waals surface area contributed by atoms with Crippen LogP contribution in [0.1, 0.15) is 97.0 Å². The lowest BCUT2D eigenvalue weighted by molar-refractivity contribution is -0.403. The summed E-state index contributed by atoms with van der Waals surface area (Å²) in [5.41, 5.74) is 14.9. The Labute approximate surface area is 460 Å². The van der Waals surface area contributed by atoms with Gasteiger partial charge in [0.05, 0.1) is 54.1 Å². The normalized spacial score (nSPS) is 14.9. The summed E-state index contributed by atoms with van der Waals surface area (Å²) in [6.45, 7) is 23.1. The van der Waals surface area contributed by atoms with E-state index in [4.69, 9.17) is 24.1 Å². The number of hydrogen-bond acceptors (Lipinski definition) is 7. The summed E-state index contributed by atoms with van der Waals surface area (Å²) in [7, 11) is 9.47. The predicted molar refractivity (Wildman–Crippen MR) is 301 cm³/mol. The molecule has 388 valence electrons. The number of nitrogens with zero attached hydrogens (tertiary/aromatic N) is 3. The van der Waals surface area contributed by atoms with Gasteiger partial charge in [0, 0.05) is 59.5 Å². The first kappa shape index (κ1) is 58.3. The van der Waals surface area contributed by atoms with Crippen LogP contribution in [0.3, 0.4) is 0 Å². The summed E-state index contributed by atoms with van der Waals surface area (Å²) < 4.78 is 27.4. The van der Waals surface area contributed by atoms with Crippen LogP contribution in [0.2, 0.25) is 0 Å². The number of allylic oxidation sites excluding steroid dienone is 2. The van der Waals surface area contributed by atoms with E-state index in [1.165, 1.54) is 89.8 Å². The number of phenols is 1. The minimum Gasteiger partial charge on any atom is -1.00 e. The Balaban J connectivity index is 0.000000222. The Morgan fingerprint density at radius 3 is 1.36 bits per heavy atom. The molecule has 0 aromatic heterocycles. The lowest BCUT2D eigenvalue weighted by Gasteiger charge is -2.15. The van der Waals surface area contributed by atoms with Crippen LogP contribution >= 0.6 is 0 Å². The van der Waals surface area contributed by atoms with Crippen LogP contribution in [-0.2, 0) is 16.2 Å². The lowest BCUT2D eigenvalue weighted by Crippen LogP contribution is -3.00. The fraction of sp³-hybridized carbons (Fsp3) is 0.234. The van der Waals surface area contributed by atoms with Crippen molar-refractivity contribution in [3.8, 4) is 28.7 Å². The number of hydrogen-bond donors (Lipinski definition) is 1. The van der Waals surface area contributed by atoms with Gasteiger partial charge in [0.1, 0.15) is 49.9 Å². The standard InChI is InChI=1S/C34H36N2O.C12H16N.C10H10O3.C8H8O3.HI/c1-8-37-30-20-17-24(18-21-31-33(2,3)26-13-9-11-15-28(26)35(31)6)23-25(30)19-22-32-34(4,5)27-14-10-12-16-29(27)36(32)7;1-9-12(2,3)10-7-5-6-8-11(10)13(9)4;1-3-13-10-5-4-9(12-2)6-8(10)7-11;1-11-7-2-3-8(10)6(4-7)5-9;/h8-23H,1H2,2-7H3;5-8H,1-4H3;3-7H,1H2,2H3;2-5,10H,1H3;1H/q+2;+1;;;/p-1/b21-18+,22-19+;;;;. The van der Waals surface area contributed by atoms with Crippen molar-refractivity contribution in [3.63, 3.8) is 0 Å². The minimum absolute atomic E-state index is 0. The molecular formula is C64H70IN3O7+2. The number of benzene rings is 6. The van der Waals surface area contributed by atoms with Gasteiger partial charge in [0.2, 0.25) is 17.1 Å². The molecule has 6 aromatic rings. The third kappa shape index (κ3) is 12.5. The summed E-state index contributed by atoms with van der Waals surface area (Å²) in [5.74, 6) is 2.42. The SMILES string of the molecule is C=COc1ccc(/C=C/C2=[N+](C)c3ccccc3C2(C)C)cc1/C=C/C1=[N+](C)c2ccccc2C1(C)C.C=COc1ccc(OC)cc1C=O.CC1=[N+](C)c2ccccc2C1(C)C.COc1ccc(O)c(C=O)c1.[I-]. The second-order valence-electron chi connectivity index (χ2n) is 19.6.